The largest absolute Gasteiger partial charge is 0.377 e. The summed E-state index contributed by atoms with van der Waals surface area (Å²) in [6.07, 6.45) is 0. The van der Waals surface area contributed by atoms with Crippen molar-refractivity contribution in [3.05, 3.63) is 35.4 Å². The Bertz CT molecular complexity index is 209. The van der Waals surface area contributed by atoms with E-state index in [1.165, 1.54) is 0 Å². The zero-order valence-electron chi connectivity index (χ0n) is 5.83. The van der Waals surface area contributed by atoms with Gasteiger partial charge in [0.25, 0.3) is 0 Å². The molecule has 0 unspecified atom stereocenters. The SMILES string of the molecule is Clc1ccccc1.NC(N)=S. The molecule has 4 heteroatoms. The summed E-state index contributed by atoms with van der Waals surface area (Å²) in [5, 5.41) is 0.794. The molecule has 0 spiro atoms. The second-order valence-corrected chi connectivity index (χ2v) is 2.61. The zero-order valence-corrected chi connectivity index (χ0v) is 7.40. The van der Waals surface area contributed by atoms with E-state index in [4.69, 9.17) is 11.6 Å². The van der Waals surface area contributed by atoms with Crippen LogP contribution in [0.25, 0.3) is 0 Å². The number of thiocarbonyl (C=S) groups is 1. The van der Waals surface area contributed by atoms with Crippen LogP contribution in [0, 0.1) is 0 Å². The minimum Gasteiger partial charge on any atom is -0.377 e. The van der Waals surface area contributed by atoms with E-state index >= 15 is 0 Å². The highest BCUT2D eigenvalue weighted by molar-refractivity contribution is 7.80. The van der Waals surface area contributed by atoms with Crippen LogP contribution in [0.15, 0.2) is 30.3 Å². The van der Waals surface area contributed by atoms with Crippen molar-refractivity contribution in [1.82, 2.24) is 0 Å². The van der Waals surface area contributed by atoms with Crippen LogP contribution in [0.5, 0.6) is 0 Å². The minimum absolute atomic E-state index is 0.000000000000000222. The molecule has 0 radical (unpaired) electrons. The van der Waals surface area contributed by atoms with Gasteiger partial charge in [0.05, 0.1) is 0 Å². The van der Waals surface area contributed by atoms with Gasteiger partial charge < -0.3 is 11.5 Å². The molecule has 0 aliphatic rings. The molecule has 0 aliphatic heterocycles. The lowest BCUT2D eigenvalue weighted by molar-refractivity contribution is 1.65. The van der Waals surface area contributed by atoms with Crippen molar-refractivity contribution in [2.24, 2.45) is 11.5 Å². The van der Waals surface area contributed by atoms with E-state index in [2.05, 4.69) is 23.7 Å². The summed E-state index contributed by atoms with van der Waals surface area (Å²) in [7, 11) is 0. The van der Waals surface area contributed by atoms with Gasteiger partial charge in [-0.05, 0) is 24.4 Å². The Balaban J connectivity index is 0.000000218. The predicted octanol–water partition coefficient (Wildman–Crippen LogP) is 1.53. The molecular weight excluding hydrogens is 180 g/mol. The van der Waals surface area contributed by atoms with Gasteiger partial charge in [-0.1, -0.05) is 29.8 Å². The van der Waals surface area contributed by atoms with E-state index < -0.39 is 0 Å². The van der Waals surface area contributed by atoms with Crippen molar-refractivity contribution in [1.29, 1.82) is 0 Å². The van der Waals surface area contributed by atoms with Crippen molar-refractivity contribution < 1.29 is 0 Å². The number of nitrogens with two attached hydrogens (primary N) is 2. The van der Waals surface area contributed by atoms with Gasteiger partial charge in [0.15, 0.2) is 5.11 Å². The first-order valence-corrected chi connectivity index (χ1v) is 3.67. The molecule has 1 aromatic rings. The van der Waals surface area contributed by atoms with Gasteiger partial charge in [0.2, 0.25) is 0 Å². The third-order valence-electron chi connectivity index (χ3n) is 0.733. The summed E-state index contributed by atoms with van der Waals surface area (Å²) < 4.78 is 0. The van der Waals surface area contributed by atoms with Crippen LogP contribution in [-0.2, 0) is 0 Å². The van der Waals surface area contributed by atoms with Gasteiger partial charge in [0, 0.05) is 5.02 Å². The Morgan fingerprint density at radius 1 is 1.18 bits per heavy atom. The van der Waals surface area contributed by atoms with E-state index in [1.807, 2.05) is 30.3 Å². The molecule has 0 fully saturated rings. The van der Waals surface area contributed by atoms with Crippen LogP contribution in [0.1, 0.15) is 0 Å². The van der Waals surface area contributed by atoms with Crippen molar-refractivity contribution in [2.75, 3.05) is 0 Å². The number of halogens is 1. The topological polar surface area (TPSA) is 52.0 Å². The molecule has 2 nitrogen and oxygen atoms in total. The lowest BCUT2D eigenvalue weighted by Crippen LogP contribution is -2.18. The zero-order chi connectivity index (χ0) is 8.69. The number of rotatable bonds is 0. The average molecular weight is 189 g/mol. The molecule has 1 rings (SSSR count). The van der Waals surface area contributed by atoms with E-state index in [0.717, 1.165) is 5.02 Å². The maximum Gasteiger partial charge on any atom is 0.160 e. The third-order valence-corrected chi connectivity index (χ3v) is 0.985. The van der Waals surface area contributed by atoms with Crippen LogP contribution >= 0.6 is 23.8 Å². The van der Waals surface area contributed by atoms with Crippen LogP contribution in [-0.4, -0.2) is 5.11 Å². The molecule has 0 amide bonds. The number of hydrogen-bond donors (Lipinski definition) is 2. The second-order valence-electron chi connectivity index (χ2n) is 1.70. The monoisotopic (exact) mass is 188 g/mol. The summed E-state index contributed by atoms with van der Waals surface area (Å²) in [5.74, 6) is 0. The highest BCUT2D eigenvalue weighted by Gasteiger charge is 1.74. The highest BCUT2D eigenvalue weighted by atomic mass is 35.5. The predicted molar refractivity (Wildman–Crippen MR) is 52.4 cm³/mol. The Hall–Kier alpha value is -0.800. The summed E-state index contributed by atoms with van der Waals surface area (Å²) in [4.78, 5) is 0. The van der Waals surface area contributed by atoms with Crippen LogP contribution in [0.2, 0.25) is 5.02 Å². The average Bonchev–Trinajstić information content (AvgIpc) is 1.87. The van der Waals surface area contributed by atoms with E-state index in [1.54, 1.807) is 0 Å². The van der Waals surface area contributed by atoms with Crippen LogP contribution < -0.4 is 11.5 Å². The fourth-order valence-corrected chi connectivity index (χ4v) is 0.560. The van der Waals surface area contributed by atoms with Crippen molar-refractivity contribution in [3.8, 4) is 0 Å². The minimum atomic E-state index is 0.000000000000000222. The van der Waals surface area contributed by atoms with Crippen LogP contribution in [0.3, 0.4) is 0 Å². The molecule has 0 bridgehead atoms. The molecule has 60 valence electrons. The molecule has 0 atom stereocenters. The van der Waals surface area contributed by atoms with Crippen LogP contribution in [0.4, 0.5) is 0 Å². The van der Waals surface area contributed by atoms with Crippen molar-refractivity contribution in [2.45, 2.75) is 0 Å². The highest BCUT2D eigenvalue weighted by Crippen LogP contribution is 2.03. The van der Waals surface area contributed by atoms with Gasteiger partial charge in [0.1, 0.15) is 0 Å². The molecule has 0 heterocycles. The fraction of sp³-hybridized carbons (Fsp3) is 0. The van der Waals surface area contributed by atoms with Gasteiger partial charge in [-0.25, -0.2) is 0 Å². The molecule has 1 aromatic carbocycles. The lowest BCUT2D eigenvalue weighted by Gasteiger charge is -1.80. The van der Waals surface area contributed by atoms with Gasteiger partial charge >= 0.3 is 0 Å². The number of hydrogen-bond acceptors (Lipinski definition) is 1. The molecule has 11 heavy (non-hydrogen) atoms. The van der Waals surface area contributed by atoms with Gasteiger partial charge in [-0.2, -0.15) is 0 Å². The smallest absolute Gasteiger partial charge is 0.160 e. The summed E-state index contributed by atoms with van der Waals surface area (Å²) in [6, 6.07) is 9.44. The quantitative estimate of drug-likeness (QED) is 0.608. The van der Waals surface area contributed by atoms with E-state index in [0.29, 0.717) is 0 Å². The lowest BCUT2D eigenvalue weighted by atomic mass is 10.4. The van der Waals surface area contributed by atoms with E-state index in [-0.39, 0.29) is 5.11 Å². The maximum atomic E-state index is 5.54. The molecule has 4 N–H and O–H groups in total. The molecule has 0 saturated carbocycles. The Labute approximate surface area is 76.1 Å². The standard InChI is InChI=1S/C6H5Cl.CH4N2S/c7-6-4-2-1-3-5-6;2-1(3)4/h1-5H;(H4,2,3,4). The Morgan fingerprint density at radius 2 is 1.55 bits per heavy atom. The van der Waals surface area contributed by atoms with Gasteiger partial charge in [-0.3, -0.25) is 0 Å². The molecular formula is C7H9ClN2S. The third kappa shape index (κ3) is 9.20. The Kier molecular flexibility index (Phi) is 5.51. The summed E-state index contributed by atoms with van der Waals surface area (Å²) in [6.45, 7) is 0. The van der Waals surface area contributed by atoms with E-state index in [9.17, 15) is 0 Å². The number of benzene rings is 1. The molecule has 0 aromatic heterocycles. The first-order valence-electron chi connectivity index (χ1n) is 2.88. The molecule has 0 aliphatic carbocycles. The first kappa shape index (κ1) is 10.2. The molecule has 0 saturated heterocycles. The Morgan fingerprint density at radius 3 is 1.73 bits per heavy atom. The fourth-order valence-electron chi connectivity index (χ4n) is 0.415. The summed E-state index contributed by atoms with van der Waals surface area (Å²) >= 11 is 9.63. The second kappa shape index (κ2) is 5.95. The summed E-state index contributed by atoms with van der Waals surface area (Å²) in [5.41, 5.74) is 9.24. The first-order chi connectivity index (χ1) is 5.13. The van der Waals surface area contributed by atoms with Gasteiger partial charge in [-0.15, -0.1) is 0 Å². The van der Waals surface area contributed by atoms with Crippen molar-refractivity contribution in [3.63, 3.8) is 0 Å². The maximum absolute atomic E-state index is 5.54. The van der Waals surface area contributed by atoms with Crippen molar-refractivity contribution >= 4 is 28.9 Å². The normalized spacial score (nSPS) is 7.73.